The molecule has 1 aromatic heterocycles. The van der Waals surface area contributed by atoms with Gasteiger partial charge in [0.1, 0.15) is 12.4 Å². The fraction of sp³-hybridized carbons (Fsp3) is 0.0588. The monoisotopic (exact) mass is 303 g/mol. The van der Waals surface area contributed by atoms with Gasteiger partial charge in [-0.05, 0) is 24.3 Å². The van der Waals surface area contributed by atoms with Crippen LogP contribution in [-0.2, 0) is 7.05 Å². The topological polar surface area (TPSA) is 83.6 Å². The molecule has 0 fully saturated rings. The Bertz CT molecular complexity index is 890. The third-order valence-electron chi connectivity index (χ3n) is 3.30. The van der Waals surface area contributed by atoms with E-state index in [4.69, 9.17) is 5.26 Å². The first-order valence-corrected chi connectivity index (χ1v) is 6.94. The van der Waals surface area contributed by atoms with E-state index in [9.17, 15) is 4.79 Å². The first kappa shape index (κ1) is 14.5. The number of carbonyl (C=O) groups excluding carboxylic acids is 1. The maximum absolute atomic E-state index is 12.3. The molecule has 1 heterocycles. The molecule has 2 aromatic carbocycles. The van der Waals surface area contributed by atoms with Gasteiger partial charge >= 0.3 is 0 Å². The molecule has 23 heavy (non-hydrogen) atoms. The highest BCUT2D eigenvalue weighted by atomic mass is 16.1. The average Bonchev–Trinajstić information content (AvgIpc) is 3.02. The minimum atomic E-state index is -0.270. The third kappa shape index (κ3) is 3.09. The van der Waals surface area contributed by atoms with Crippen LogP contribution in [0.2, 0.25) is 0 Å². The molecular weight excluding hydrogens is 290 g/mol. The minimum Gasteiger partial charge on any atom is -0.321 e. The number of benzene rings is 2. The number of hydrogen-bond acceptors (Lipinski definition) is 4. The van der Waals surface area contributed by atoms with Gasteiger partial charge in [-0.25, -0.2) is 4.98 Å². The van der Waals surface area contributed by atoms with Gasteiger partial charge in [-0.15, -0.1) is 0 Å². The van der Waals surface area contributed by atoms with Gasteiger partial charge in [-0.3, -0.25) is 9.48 Å². The molecule has 3 aromatic rings. The number of aromatic nitrogens is 3. The highest BCUT2D eigenvalue weighted by Gasteiger charge is 2.10. The standard InChI is InChI=1S/C17H13N5O/c1-22-11-19-16(21-22)12-6-8-13(9-7-12)17(23)20-15-5-3-2-4-14(15)10-18/h2-9,11H,1H3,(H,20,23). The Hall–Kier alpha value is -3.46. The molecule has 0 aliphatic heterocycles. The van der Waals surface area contributed by atoms with Crippen molar-refractivity contribution in [3.05, 3.63) is 66.0 Å². The van der Waals surface area contributed by atoms with Crippen molar-refractivity contribution in [3.8, 4) is 17.5 Å². The van der Waals surface area contributed by atoms with Gasteiger partial charge in [0.25, 0.3) is 5.91 Å². The number of amides is 1. The van der Waals surface area contributed by atoms with Crippen molar-refractivity contribution >= 4 is 11.6 Å². The molecular formula is C17H13N5O. The maximum Gasteiger partial charge on any atom is 0.255 e. The summed E-state index contributed by atoms with van der Waals surface area (Å²) in [5.41, 5.74) is 2.25. The van der Waals surface area contributed by atoms with Crippen LogP contribution in [0.3, 0.4) is 0 Å². The zero-order chi connectivity index (χ0) is 16.2. The van der Waals surface area contributed by atoms with Crippen molar-refractivity contribution in [2.45, 2.75) is 0 Å². The molecule has 0 bridgehead atoms. The molecule has 0 saturated heterocycles. The molecule has 6 nitrogen and oxygen atoms in total. The first-order valence-electron chi connectivity index (χ1n) is 6.94. The quantitative estimate of drug-likeness (QED) is 0.806. The Balaban J connectivity index is 1.79. The summed E-state index contributed by atoms with van der Waals surface area (Å²) in [4.78, 5) is 16.4. The minimum absolute atomic E-state index is 0.270. The van der Waals surface area contributed by atoms with Crippen molar-refractivity contribution in [2.75, 3.05) is 5.32 Å². The van der Waals surface area contributed by atoms with Crippen LogP contribution >= 0.6 is 0 Å². The molecule has 0 spiro atoms. The number of para-hydroxylation sites is 1. The van der Waals surface area contributed by atoms with Gasteiger partial charge in [0.05, 0.1) is 11.3 Å². The van der Waals surface area contributed by atoms with Gasteiger partial charge in [0, 0.05) is 18.2 Å². The zero-order valence-electron chi connectivity index (χ0n) is 12.4. The van der Waals surface area contributed by atoms with Crippen molar-refractivity contribution in [3.63, 3.8) is 0 Å². The fourth-order valence-electron chi connectivity index (χ4n) is 2.13. The molecule has 0 unspecified atom stereocenters. The molecule has 0 saturated carbocycles. The van der Waals surface area contributed by atoms with Crippen LogP contribution in [0.5, 0.6) is 0 Å². The lowest BCUT2D eigenvalue weighted by molar-refractivity contribution is 0.102. The normalized spacial score (nSPS) is 10.1. The summed E-state index contributed by atoms with van der Waals surface area (Å²) in [6.45, 7) is 0. The van der Waals surface area contributed by atoms with E-state index in [1.165, 1.54) is 0 Å². The van der Waals surface area contributed by atoms with Crippen molar-refractivity contribution in [1.29, 1.82) is 5.26 Å². The maximum atomic E-state index is 12.3. The second-order valence-electron chi connectivity index (χ2n) is 4.93. The van der Waals surface area contributed by atoms with Gasteiger partial charge in [-0.1, -0.05) is 24.3 Å². The predicted molar refractivity (Wildman–Crippen MR) is 85.5 cm³/mol. The van der Waals surface area contributed by atoms with E-state index < -0.39 is 0 Å². The van der Waals surface area contributed by atoms with Crippen molar-refractivity contribution in [1.82, 2.24) is 14.8 Å². The number of aryl methyl sites for hydroxylation is 1. The number of carbonyl (C=O) groups is 1. The largest absolute Gasteiger partial charge is 0.321 e. The van der Waals surface area contributed by atoms with Gasteiger partial charge in [0.15, 0.2) is 5.82 Å². The lowest BCUT2D eigenvalue weighted by Gasteiger charge is -2.07. The summed E-state index contributed by atoms with van der Waals surface area (Å²) in [5, 5.41) is 16.0. The Morgan fingerprint density at radius 2 is 1.91 bits per heavy atom. The first-order chi connectivity index (χ1) is 11.2. The lowest BCUT2D eigenvalue weighted by Crippen LogP contribution is -2.12. The van der Waals surface area contributed by atoms with E-state index in [1.807, 2.05) is 0 Å². The number of nitriles is 1. The van der Waals surface area contributed by atoms with E-state index in [0.717, 1.165) is 5.56 Å². The molecule has 0 radical (unpaired) electrons. The van der Waals surface area contributed by atoms with Crippen molar-refractivity contribution < 1.29 is 4.79 Å². The SMILES string of the molecule is Cn1cnc(-c2ccc(C(=O)Nc3ccccc3C#N)cc2)n1. The van der Waals surface area contributed by atoms with Crippen LogP contribution < -0.4 is 5.32 Å². The van der Waals surface area contributed by atoms with E-state index in [2.05, 4.69) is 21.5 Å². The second-order valence-corrected chi connectivity index (χ2v) is 4.93. The van der Waals surface area contributed by atoms with Crippen LogP contribution in [-0.4, -0.2) is 20.7 Å². The van der Waals surface area contributed by atoms with Crippen LogP contribution in [0.4, 0.5) is 5.69 Å². The number of nitrogens with zero attached hydrogens (tertiary/aromatic N) is 4. The molecule has 6 heteroatoms. The summed E-state index contributed by atoms with van der Waals surface area (Å²) >= 11 is 0. The Morgan fingerprint density at radius 3 is 2.57 bits per heavy atom. The lowest BCUT2D eigenvalue weighted by atomic mass is 10.1. The van der Waals surface area contributed by atoms with Crippen LogP contribution in [0.1, 0.15) is 15.9 Å². The van der Waals surface area contributed by atoms with E-state index in [0.29, 0.717) is 22.6 Å². The van der Waals surface area contributed by atoms with Crippen LogP contribution in [0.15, 0.2) is 54.9 Å². The van der Waals surface area contributed by atoms with Gasteiger partial charge < -0.3 is 5.32 Å². The molecule has 1 N–H and O–H groups in total. The Kier molecular flexibility index (Phi) is 3.85. The molecule has 0 aliphatic rings. The second kappa shape index (κ2) is 6.12. The Morgan fingerprint density at radius 1 is 1.17 bits per heavy atom. The summed E-state index contributed by atoms with van der Waals surface area (Å²) in [7, 11) is 1.80. The van der Waals surface area contributed by atoms with Gasteiger partial charge in [-0.2, -0.15) is 10.4 Å². The number of anilines is 1. The summed E-state index contributed by atoms with van der Waals surface area (Å²) < 4.78 is 1.62. The Labute approximate surface area is 133 Å². The predicted octanol–water partition coefficient (Wildman–Crippen LogP) is 2.61. The summed E-state index contributed by atoms with van der Waals surface area (Å²) in [5.74, 6) is 0.336. The summed E-state index contributed by atoms with van der Waals surface area (Å²) in [6.07, 6.45) is 1.62. The summed E-state index contributed by atoms with van der Waals surface area (Å²) in [6, 6.07) is 15.9. The number of nitrogens with one attached hydrogen (secondary N) is 1. The third-order valence-corrected chi connectivity index (χ3v) is 3.30. The zero-order valence-corrected chi connectivity index (χ0v) is 12.4. The molecule has 3 rings (SSSR count). The van der Waals surface area contributed by atoms with Crippen LogP contribution in [0, 0.1) is 11.3 Å². The number of rotatable bonds is 3. The van der Waals surface area contributed by atoms with E-state index >= 15 is 0 Å². The van der Waals surface area contributed by atoms with Crippen LogP contribution in [0.25, 0.3) is 11.4 Å². The average molecular weight is 303 g/mol. The molecule has 112 valence electrons. The van der Waals surface area contributed by atoms with Crippen molar-refractivity contribution in [2.24, 2.45) is 7.05 Å². The molecule has 1 amide bonds. The fourth-order valence-corrected chi connectivity index (χ4v) is 2.13. The van der Waals surface area contributed by atoms with Gasteiger partial charge in [0.2, 0.25) is 0 Å². The smallest absolute Gasteiger partial charge is 0.255 e. The van der Waals surface area contributed by atoms with E-state index in [1.54, 1.807) is 66.6 Å². The van der Waals surface area contributed by atoms with E-state index in [-0.39, 0.29) is 5.91 Å². The molecule has 0 aliphatic carbocycles. The highest BCUT2D eigenvalue weighted by Crippen LogP contribution is 2.18. The molecule has 0 atom stereocenters. The highest BCUT2D eigenvalue weighted by molar-refractivity contribution is 6.05. The number of hydrogen-bond donors (Lipinski definition) is 1.